The highest BCUT2D eigenvalue weighted by atomic mass is 79.9. The van der Waals surface area contributed by atoms with E-state index in [-0.39, 0.29) is 50.6 Å². The Morgan fingerprint density at radius 2 is 1.64 bits per heavy atom. The van der Waals surface area contributed by atoms with E-state index in [0.717, 1.165) is 21.9 Å². The number of ether oxygens (including phenoxy) is 2. The number of hydrogen-bond acceptors (Lipinski definition) is 6. The number of rotatable bonds is 13. The van der Waals surface area contributed by atoms with Crippen LogP contribution in [0.5, 0.6) is 11.5 Å². The lowest BCUT2D eigenvalue weighted by Gasteiger charge is -2.32. The number of nitrogens with zero attached hydrogens (tertiary/aromatic N) is 2. The molecular weight excluding hydrogens is 622 g/mol. The van der Waals surface area contributed by atoms with Crippen LogP contribution in [0.3, 0.4) is 0 Å². The topological polar surface area (TPSA) is 105 Å². The van der Waals surface area contributed by atoms with Crippen LogP contribution in [-0.4, -0.2) is 56.8 Å². The predicted octanol–water partition coefficient (Wildman–Crippen LogP) is 4.89. The molecular formula is C31H36BrN3O6S. The van der Waals surface area contributed by atoms with Crippen molar-refractivity contribution in [1.29, 1.82) is 0 Å². The fourth-order valence-corrected chi connectivity index (χ4v) is 5.99. The van der Waals surface area contributed by atoms with Crippen LogP contribution in [0.4, 0.5) is 5.69 Å². The van der Waals surface area contributed by atoms with Gasteiger partial charge in [0.25, 0.3) is 0 Å². The van der Waals surface area contributed by atoms with Crippen molar-refractivity contribution < 1.29 is 27.5 Å². The van der Waals surface area contributed by atoms with Crippen LogP contribution < -0.4 is 19.1 Å². The lowest BCUT2D eigenvalue weighted by Crippen LogP contribution is -2.51. The molecule has 0 radical (unpaired) electrons. The van der Waals surface area contributed by atoms with E-state index in [9.17, 15) is 18.0 Å². The van der Waals surface area contributed by atoms with Crippen molar-refractivity contribution in [2.24, 2.45) is 0 Å². The molecule has 0 bridgehead atoms. The van der Waals surface area contributed by atoms with Gasteiger partial charge in [-0.1, -0.05) is 58.4 Å². The Balaban J connectivity index is 1.57. The third kappa shape index (κ3) is 8.48. The van der Waals surface area contributed by atoms with Crippen molar-refractivity contribution in [2.75, 3.05) is 23.9 Å². The zero-order chi connectivity index (χ0) is 30.3. The van der Waals surface area contributed by atoms with E-state index in [1.807, 2.05) is 68.4 Å². The number of nitrogens with one attached hydrogen (secondary N) is 1. The van der Waals surface area contributed by atoms with E-state index in [1.54, 1.807) is 23.1 Å². The van der Waals surface area contributed by atoms with Crippen molar-refractivity contribution in [1.82, 2.24) is 10.2 Å². The normalized spacial score (nSPS) is 13.1. The second kappa shape index (κ2) is 14.1. The van der Waals surface area contributed by atoms with E-state index >= 15 is 0 Å². The maximum Gasteiger partial charge on any atom is 0.243 e. The molecule has 42 heavy (non-hydrogen) atoms. The molecule has 224 valence electrons. The Hall–Kier alpha value is -3.57. The maximum atomic E-state index is 13.9. The molecule has 2 amide bonds. The number of hydrogen-bond donors (Lipinski definition) is 1. The highest BCUT2D eigenvalue weighted by molar-refractivity contribution is 9.10. The summed E-state index contributed by atoms with van der Waals surface area (Å²) in [5, 5.41) is 2.98. The van der Waals surface area contributed by atoms with Gasteiger partial charge in [0.15, 0.2) is 11.5 Å². The molecule has 1 aliphatic rings. The Morgan fingerprint density at radius 1 is 0.952 bits per heavy atom. The van der Waals surface area contributed by atoms with Gasteiger partial charge in [0.1, 0.15) is 6.04 Å². The first-order chi connectivity index (χ1) is 20.0. The minimum absolute atomic E-state index is 0.0490. The Kier molecular flexibility index (Phi) is 10.5. The molecule has 1 atom stereocenters. The van der Waals surface area contributed by atoms with Gasteiger partial charge in [0, 0.05) is 42.5 Å². The molecule has 3 aromatic carbocycles. The molecule has 0 saturated heterocycles. The first kappa shape index (κ1) is 31.4. The zero-order valence-electron chi connectivity index (χ0n) is 24.0. The number of benzene rings is 3. The van der Waals surface area contributed by atoms with E-state index in [4.69, 9.17) is 9.47 Å². The summed E-state index contributed by atoms with van der Waals surface area (Å²) >= 11 is 3.45. The van der Waals surface area contributed by atoms with Crippen molar-refractivity contribution in [3.63, 3.8) is 0 Å². The Morgan fingerprint density at radius 3 is 2.31 bits per heavy atom. The quantitative estimate of drug-likeness (QED) is 0.281. The van der Waals surface area contributed by atoms with Gasteiger partial charge in [-0.15, -0.1) is 0 Å². The number of fused-ring (bicyclic) bond motifs is 1. The zero-order valence-corrected chi connectivity index (χ0v) is 26.4. The lowest BCUT2D eigenvalue weighted by molar-refractivity contribution is -0.141. The van der Waals surface area contributed by atoms with Crippen molar-refractivity contribution in [2.45, 2.75) is 51.7 Å². The largest absolute Gasteiger partial charge is 0.454 e. The van der Waals surface area contributed by atoms with Gasteiger partial charge in [-0.05, 0) is 55.7 Å². The van der Waals surface area contributed by atoms with Crippen LogP contribution in [0.25, 0.3) is 0 Å². The van der Waals surface area contributed by atoms with Crippen LogP contribution in [0.2, 0.25) is 0 Å². The molecule has 0 unspecified atom stereocenters. The standard InChI is InChI=1S/C31H36BrN3O6S/c1-22(2)33-31(37)27(18-23-8-5-4-6-9-23)34(20-24-11-13-25(32)14-12-24)30(36)10-7-17-35(42(3,38)39)26-15-16-28-29(19-26)41-21-40-28/h4-6,8-9,11-16,19,22,27H,7,10,17-18,20-21H2,1-3H3,(H,33,37)/t27-/m0/s1. The molecule has 0 aromatic heterocycles. The minimum atomic E-state index is -3.65. The number of amides is 2. The number of carbonyl (C=O) groups excluding carboxylic acids is 2. The van der Waals surface area contributed by atoms with Crippen LogP contribution in [0, 0.1) is 0 Å². The SMILES string of the molecule is CC(C)NC(=O)[C@H](Cc1ccccc1)N(Cc1ccc(Br)cc1)C(=O)CCCN(c1ccc2c(c1)OCO2)S(C)(=O)=O. The van der Waals surface area contributed by atoms with Gasteiger partial charge in [-0.3, -0.25) is 13.9 Å². The molecule has 0 fully saturated rings. The fraction of sp³-hybridized carbons (Fsp3) is 0.355. The van der Waals surface area contributed by atoms with E-state index in [0.29, 0.717) is 23.6 Å². The molecule has 0 spiro atoms. The van der Waals surface area contributed by atoms with Crippen LogP contribution >= 0.6 is 15.9 Å². The van der Waals surface area contributed by atoms with Crippen molar-refractivity contribution in [3.8, 4) is 11.5 Å². The average molecular weight is 659 g/mol. The number of sulfonamides is 1. The van der Waals surface area contributed by atoms with E-state index in [1.165, 1.54) is 4.31 Å². The molecule has 1 heterocycles. The maximum absolute atomic E-state index is 13.9. The molecule has 9 nitrogen and oxygen atoms in total. The third-order valence-corrected chi connectivity index (χ3v) is 8.49. The first-order valence-corrected chi connectivity index (χ1v) is 16.4. The highest BCUT2D eigenvalue weighted by Gasteiger charge is 2.31. The summed E-state index contributed by atoms with van der Waals surface area (Å²) in [6.45, 7) is 4.16. The average Bonchev–Trinajstić information content (AvgIpc) is 3.41. The van der Waals surface area contributed by atoms with Gasteiger partial charge in [-0.25, -0.2) is 8.42 Å². The summed E-state index contributed by atoms with van der Waals surface area (Å²) in [7, 11) is -3.65. The summed E-state index contributed by atoms with van der Waals surface area (Å²) in [5.41, 5.74) is 2.24. The van der Waals surface area contributed by atoms with Gasteiger partial charge >= 0.3 is 0 Å². The molecule has 4 rings (SSSR count). The van der Waals surface area contributed by atoms with Gasteiger partial charge in [-0.2, -0.15) is 0 Å². The molecule has 3 aromatic rings. The fourth-order valence-electron chi connectivity index (χ4n) is 4.77. The summed E-state index contributed by atoms with van der Waals surface area (Å²) in [6, 6.07) is 21.3. The summed E-state index contributed by atoms with van der Waals surface area (Å²) < 4.78 is 38.4. The number of anilines is 1. The Labute approximate surface area is 256 Å². The van der Waals surface area contributed by atoms with Crippen molar-refractivity contribution >= 4 is 43.5 Å². The molecule has 1 N–H and O–H groups in total. The van der Waals surface area contributed by atoms with Crippen LogP contribution in [0.1, 0.15) is 37.8 Å². The number of carbonyl (C=O) groups is 2. The highest BCUT2D eigenvalue weighted by Crippen LogP contribution is 2.36. The molecule has 1 aliphatic heterocycles. The van der Waals surface area contributed by atoms with Gasteiger partial charge in [0.2, 0.25) is 28.6 Å². The number of halogens is 1. The lowest BCUT2D eigenvalue weighted by atomic mass is 10.0. The third-order valence-electron chi connectivity index (χ3n) is 6.76. The van der Waals surface area contributed by atoms with E-state index in [2.05, 4.69) is 21.2 Å². The smallest absolute Gasteiger partial charge is 0.243 e. The van der Waals surface area contributed by atoms with Crippen LogP contribution in [-0.2, 0) is 32.6 Å². The predicted molar refractivity (Wildman–Crippen MR) is 166 cm³/mol. The van der Waals surface area contributed by atoms with Crippen LogP contribution in [0.15, 0.2) is 77.3 Å². The summed E-state index contributed by atoms with van der Waals surface area (Å²) in [5.74, 6) is 0.544. The second-order valence-corrected chi connectivity index (χ2v) is 13.3. The Bertz CT molecular complexity index is 1480. The second-order valence-electron chi connectivity index (χ2n) is 10.5. The molecule has 11 heteroatoms. The summed E-state index contributed by atoms with van der Waals surface area (Å²) in [6.07, 6.45) is 1.77. The van der Waals surface area contributed by atoms with Gasteiger partial charge in [0.05, 0.1) is 11.9 Å². The van der Waals surface area contributed by atoms with Gasteiger partial charge < -0.3 is 19.7 Å². The minimum Gasteiger partial charge on any atom is -0.454 e. The summed E-state index contributed by atoms with van der Waals surface area (Å²) in [4.78, 5) is 29.0. The van der Waals surface area contributed by atoms with Crippen molar-refractivity contribution in [3.05, 3.63) is 88.4 Å². The first-order valence-electron chi connectivity index (χ1n) is 13.8. The molecule has 0 aliphatic carbocycles. The van der Waals surface area contributed by atoms with E-state index < -0.39 is 16.1 Å². The molecule has 0 saturated carbocycles. The monoisotopic (exact) mass is 657 g/mol.